The third kappa shape index (κ3) is 23.8. The lowest BCUT2D eigenvalue weighted by molar-refractivity contribution is -0.390. The molecule has 0 aliphatic carbocycles. The highest BCUT2D eigenvalue weighted by molar-refractivity contribution is 5.75. The van der Waals surface area contributed by atoms with Crippen LogP contribution in [0.4, 0.5) is 0 Å². The maximum absolute atomic E-state index is 13.1. The summed E-state index contributed by atoms with van der Waals surface area (Å²) in [6, 6.07) is -9.32. The van der Waals surface area contributed by atoms with Crippen LogP contribution in [-0.2, 0) is 109 Å². The summed E-state index contributed by atoms with van der Waals surface area (Å²) in [6.07, 6.45) is -91.4. The Labute approximate surface area is 714 Å². The summed E-state index contributed by atoms with van der Waals surface area (Å²) >= 11 is 0. The molecule has 0 aromatic carbocycles. The van der Waals surface area contributed by atoms with Gasteiger partial charge in [0, 0.05) is 34.6 Å². The fourth-order valence-corrected chi connectivity index (χ4v) is 16.1. The number of amides is 5. The first-order valence-corrected chi connectivity index (χ1v) is 40.1. The van der Waals surface area contributed by atoms with Crippen molar-refractivity contribution in [1.29, 1.82) is 0 Å². The van der Waals surface area contributed by atoms with Crippen molar-refractivity contribution < 1.29 is 252 Å². The Kier molecular flexibility index (Phi) is 39.2. The molecule has 9 heterocycles. The van der Waals surface area contributed by atoms with Crippen LogP contribution in [0.25, 0.3) is 0 Å². The van der Waals surface area contributed by atoms with Gasteiger partial charge in [-0.25, -0.2) is 0 Å². The maximum Gasteiger partial charge on any atom is 0.217 e. The van der Waals surface area contributed by atoms with Gasteiger partial charge in [-0.15, -0.1) is 0 Å². The summed E-state index contributed by atoms with van der Waals surface area (Å²) in [5.74, 6) is -4.58. The Morgan fingerprint density at radius 3 is 0.706 bits per heavy atom. The molecule has 56 heteroatoms. The first-order chi connectivity index (χ1) is 59.6. The normalized spacial score (nSPS) is 45.8. The Hall–Kier alpha value is -4.49. The maximum atomic E-state index is 13.1. The second-order valence-electron chi connectivity index (χ2n) is 31.4. The van der Waals surface area contributed by atoms with Gasteiger partial charge in [0.2, 0.25) is 29.5 Å². The first kappa shape index (κ1) is 105. The van der Waals surface area contributed by atoms with E-state index in [1.807, 2.05) is 0 Å². The van der Waals surface area contributed by atoms with Crippen molar-refractivity contribution in [3.63, 3.8) is 0 Å². The molecule has 9 aliphatic heterocycles. The third-order valence-electron chi connectivity index (χ3n) is 22.5. The van der Waals surface area contributed by atoms with Crippen molar-refractivity contribution in [1.82, 2.24) is 26.6 Å². The van der Waals surface area contributed by atoms with E-state index in [2.05, 4.69) is 26.6 Å². The van der Waals surface area contributed by atoms with Crippen molar-refractivity contribution in [2.45, 2.75) is 335 Å². The van der Waals surface area contributed by atoms with Crippen LogP contribution in [0.2, 0.25) is 0 Å². The Balaban J connectivity index is 0.893. The zero-order valence-electron chi connectivity index (χ0n) is 68.0. The highest BCUT2D eigenvalue weighted by Gasteiger charge is 2.62. The predicted octanol–water partition coefficient (Wildman–Crippen LogP) is -22.4. The minimum absolute atomic E-state index is 0.780. The van der Waals surface area contributed by atoms with E-state index in [0.717, 1.165) is 34.6 Å². The molecule has 49 atom stereocenters. The van der Waals surface area contributed by atoms with Gasteiger partial charge >= 0.3 is 0 Å². The fourth-order valence-electron chi connectivity index (χ4n) is 16.1. The van der Waals surface area contributed by atoms with E-state index in [1.165, 1.54) is 0 Å². The van der Waals surface area contributed by atoms with Crippen molar-refractivity contribution in [2.75, 3.05) is 72.7 Å². The summed E-state index contributed by atoms with van der Waals surface area (Å²) in [5.41, 5.74) is 0. The zero-order valence-corrected chi connectivity index (χ0v) is 68.0. The molecule has 0 unspecified atom stereocenters. The molecular weight excluding hydrogens is 1730 g/mol. The summed E-state index contributed by atoms with van der Waals surface area (Å²) < 4.78 is 106. The van der Waals surface area contributed by atoms with Crippen LogP contribution in [0.5, 0.6) is 0 Å². The van der Waals surface area contributed by atoms with Gasteiger partial charge in [-0.1, -0.05) is 0 Å². The molecule has 0 aromatic heterocycles. The zero-order chi connectivity index (χ0) is 93.2. The number of hydrogen-bond acceptors (Lipinski definition) is 51. The molecule has 0 spiro atoms. The van der Waals surface area contributed by atoms with E-state index in [4.69, 9.17) is 85.3 Å². The number of nitrogens with one attached hydrogen (secondary N) is 5. The lowest BCUT2D eigenvalue weighted by Crippen LogP contribution is -2.71. The number of aliphatic hydroxyl groups excluding tert-OH is 28. The number of carbonyl (C=O) groups is 5. The highest BCUT2D eigenvalue weighted by Crippen LogP contribution is 2.41. The van der Waals surface area contributed by atoms with E-state index in [1.54, 1.807) is 0 Å². The predicted molar refractivity (Wildman–Crippen MR) is 390 cm³/mol. The molecule has 730 valence electrons. The number of rotatable bonds is 37. The molecular formula is C70H119N5O51. The van der Waals surface area contributed by atoms with Gasteiger partial charge in [0.05, 0.1) is 78.7 Å². The van der Waals surface area contributed by atoms with E-state index in [0.29, 0.717) is 0 Å². The van der Waals surface area contributed by atoms with Gasteiger partial charge < -0.3 is 255 Å². The molecule has 0 radical (unpaired) electrons. The molecule has 0 saturated carbocycles. The molecule has 9 fully saturated rings. The Morgan fingerprint density at radius 1 is 0.254 bits per heavy atom. The SMILES string of the molecule is CC(=O)N[C@H]1[C@H](O[C@H]2[C@@H](O)[C@@H](CO)O[C@@H](O[C@H]3[C@H](O)[C@@H](NC(C)=O)[C@H](O[C@H]4[C@@H](O)[C@@H](CO)O[C@@H](O[C@H]5[C@H](O)[C@@H](NC(C)=O)[C@H](O[C@H]6[C@@H](O)[C@@H](CO)O[C@@H](O[C@H]7[C@H](O)[C@@H](NC(C)=O)[C@H](O[C@H]8[C@@H](O)[C@@H](CO)O[C@@H](O[C@@H]([C@H](O)[C@H](CO)NC(C)=O)[C@H](O)CO)[C@@H]8O)O[C@@H]7CO)[C@@H]6O)O[C@@H]5CO)[C@@H]4O)O[C@@H]3CO)[C@@H]2O)O[C@H](CO)[C@@H](O[C@@H]2O[C@H](CO)[C@H](O)[C@H](O)[C@H]2O)[C@@H]1O. The van der Waals surface area contributed by atoms with E-state index in [9.17, 15) is 167 Å². The topological polar surface area (TPSA) is 878 Å². The van der Waals surface area contributed by atoms with E-state index < -0.39 is 403 Å². The van der Waals surface area contributed by atoms with Gasteiger partial charge in [-0.3, -0.25) is 24.0 Å². The van der Waals surface area contributed by atoms with Crippen molar-refractivity contribution in [3.05, 3.63) is 0 Å². The average Bonchev–Trinajstić information content (AvgIpc) is 0.765. The van der Waals surface area contributed by atoms with Gasteiger partial charge in [0.15, 0.2) is 56.6 Å². The monoisotopic (exact) mass is 1850 g/mol. The molecule has 56 nitrogen and oxygen atoms in total. The van der Waals surface area contributed by atoms with Crippen LogP contribution in [0.3, 0.4) is 0 Å². The quantitative estimate of drug-likeness (QED) is 0.0275. The molecule has 9 saturated heterocycles. The molecule has 5 amide bonds. The second kappa shape index (κ2) is 46.9. The summed E-state index contributed by atoms with van der Waals surface area (Å²) in [6.45, 7) is -7.46. The summed E-state index contributed by atoms with van der Waals surface area (Å²) in [4.78, 5) is 63.5. The van der Waals surface area contributed by atoms with Gasteiger partial charge in [0.1, 0.15) is 238 Å². The largest absolute Gasteiger partial charge is 0.394 e. The molecule has 9 aliphatic rings. The molecule has 9 rings (SSSR count). The van der Waals surface area contributed by atoms with Crippen LogP contribution in [-0.4, -0.2) is 546 Å². The van der Waals surface area contributed by atoms with Crippen LogP contribution >= 0.6 is 0 Å². The lowest BCUT2D eigenvalue weighted by Gasteiger charge is -2.51. The lowest BCUT2D eigenvalue weighted by atomic mass is 9.93. The van der Waals surface area contributed by atoms with Crippen molar-refractivity contribution in [2.24, 2.45) is 0 Å². The van der Waals surface area contributed by atoms with Crippen LogP contribution < -0.4 is 26.6 Å². The van der Waals surface area contributed by atoms with Crippen LogP contribution in [0.1, 0.15) is 34.6 Å². The van der Waals surface area contributed by atoms with Crippen LogP contribution in [0.15, 0.2) is 0 Å². The van der Waals surface area contributed by atoms with Gasteiger partial charge in [-0.2, -0.15) is 0 Å². The van der Waals surface area contributed by atoms with E-state index >= 15 is 0 Å². The van der Waals surface area contributed by atoms with Gasteiger partial charge in [0.25, 0.3) is 0 Å². The summed E-state index contributed by atoms with van der Waals surface area (Å²) in [5, 5.41) is 322. The molecule has 0 aromatic rings. The van der Waals surface area contributed by atoms with Crippen molar-refractivity contribution in [3.8, 4) is 0 Å². The minimum atomic E-state index is -2.41. The highest BCUT2D eigenvalue weighted by atomic mass is 16.8. The van der Waals surface area contributed by atoms with Crippen molar-refractivity contribution >= 4 is 29.5 Å². The van der Waals surface area contributed by atoms with Crippen LogP contribution in [0, 0.1) is 0 Å². The van der Waals surface area contributed by atoms with E-state index in [-0.39, 0.29) is 0 Å². The Morgan fingerprint density at radius 2 is 0.476 bits per heavy atom. The number of hydrogen-bond donors (Lipinski definition) is 33. The Bertz CT molecular complexity index is 3390. The first-order valence-electron chi connectivity index (χ1n) is 40.1. The number of aliphatic hydroxyl groups is 28. The smallest absolute Gasteiger partial charge is 0.217 e. The number of ether oxygens (including phenoxy) is 18. The third-order valence-corrected chi connectivity index (χ3v) is 22.5. The average molecular weight is 1850 g/mol. The molecule has 33 N–H and O–H groups in total. The number of carbonyl (C=O) groups excluding carboxylic acids is 5. The van der Waals surface area contributed by atoms with Gasteiger partial charge in [-0.05, 0) is 0 Å². The molecule has 126 heavy (non-hydrogen) atoms. The minimum Gasteiger partial charge on any atom is -0.394 e. The summed E-state index contributed by atoms with van der Waals surface area (Å²) in [7, 11) is 0. The second-order valence-corrected chi connectivity index (χ2v) is 31.4. The molecule has 0 bridgehead atoms. The fraction of sp³-hybridized carbons (Fsp3) is 0.929. The standard InChI is InChI=1S/C70H119N5O51/c1-17(87)71-22(6-76)37(93)53(23(92)7-77)118-67-49(105)58(39(95)25(9-79)110-67)123-63-34(73-19(3)89)44(100)55(30(14-84)115-63)120-69-51(107)60(41(97)27(11-81)112-69)125-65-36(75-21(5)91)46(102)57(32(16-86)117-65)122-70-52(108)61(42(98)28(12-82)113-70)126-64-35(74-20(4)90)45(101)56(31(15-85)116-64)121-68-50(106)59(40(96)26(10-80)111-68)124-62-33(72-18(2)88)43(99)54(29(13-83)114-62)119-66-48(104)47(103)38(94)24(8-78)109-66/h22-70,76-86,92-108H,6-16H2,1-5H3,(H,71,87)(H,72,88)(H,73,89)(H,74,90)(H,75,91)/t22-,23+,24+,25+,26+,27+,28+,29+,30+,31+,32+,33+,34+,35+,36+,37+,38-,39-,40-,41-,42-,43+,44+,45+,46+,47-,48+,49+,50+,51+,52+,53+,54+,55+,56+,57+,58-,59-,60-,61-,62-,63-,64-,65-,66-,67-,68-,69-,70-/m0/s1.